The van der Waals surface area contributed by atoms with Crippen molar-refractivity contribution in [1.82, 2.24) is 10.2 Å². The van der Waals surface area contributed by atoms with Crippen LogP contribution in [0.25, 0.3) is 0 Å². The number of hydrogen-bond donors (Lipinski definition) is 1. The predicted molar refractivity (Wildman–Crippen MR) is 75.0 cm³/mol. The van der Waals surface area contributed by atoms with E-state index in [1.54, 1.807) is 12.1 Å². The fourth-order valence-electron chi connectivity index (χ4n) is 2.22. The lowest BCUT2D eigenvalue weighted by Crippen LogP contribution is -2.46. The van der Waals surface area contributed by atoms with E-state index in [2.05, 4.69) is 37.2 Å². The van der Waals surface area contributed by atoms with Gasteiger partial charge in [0.05, 0.1) is 6.04 Å². The maximum atomic E-state index is 13.3. The lowest BCUT2D eigenvalue weighted by molar-refractivity contribution is 0.0181. The number of benzene rings is 1. The quantitative estimate of drug-likeness (QED) is 0.860. The fraction of sp³-hybridized carbons (Fsp3) is 0.500. The molecular formula is C12H14Br2F2N2. The molecule has 1 aromatic rings. The summed E-state index contributed by atoms with van der Waals surface area (Å²) >= 11 is 6.70. The highest BCUT2D eigenvalue weighted by Gasteiger charge is 2.30. The van der Waals surface area contributed by atoms with Crippen LogP contribution in [0.2, 0.25) is 0 Å². The number of alkyl halides is 2. The minimum absolute atomic E-state index is 0.646. The number of halogens is 4. The van der Waals surface area contributed by atoms with E-state index in [0.29, 0.717) is 18.7 Å². The molecule has 1 aromatic carbocycles. The number of nitrogens with zero attached hydrogens (tertiary/aromatic N) is 1. The Labute approximate surface area is 122 Å². The van der Waals surface area contributed by atoms with E-state index in [4.69, 9.17) is 0 Å². The summed E-state index contributed by atoms with van der Waals surface area (Å²) in [4.78, 5) is 1.84. The zero-order valence-corrected chi connectivity index (χ0v) is 12.8. The van der Waals surface area contributed by atoms with Crippen LogP contribution in [0.5, 0.6) is 0 Å². The molecule has 0 amide bonds. The molecule has 0 saturated carbocycles. The number of hydrogen-bond acceptors (Lipinski definition) is 2. The van der Waals surface area contributed by atoms with Crippen molar-refractivity contribution >= 4 is 31.9 Å². The van der Waals surface area contributed by atoms with E-state index in [9.17, 15) is 8.78 Å². The van der Waals surface area contributed by atoms with Gasteiger partial charge < -0.3 is 5.32 Å². The third-order valence-electron chi connectivity index (χ3n) is 3.01. The van der Waals surface area contributed by atoms with Gasteiger partial charge >= 0.3 is 0 Å². The molecule has 0 bridgehead atoms. The number of rotatable bonds is 3. The smallest absolute Gasteiger partial charge is 0.258 e. The van der Waals surface area contributed by atoms with Gasteiger partial charge in [-0.25, -0.2) is 8.78 Å². The molecule has 0 aromatic heterocycles. The standard InChI is InChI=1S/C12H14Br2F2N2/c13-9-5-8(6-10(14)7-9)11(12(15)16)18-3-1-17-2-4-18/h5-7,11-12,17H,1-4H2/t11-/m0/s1. The van der Waals surface area contributed by atoms with Gasteiger partial charge in [0.1, 0.15) is 0 Å². The van der Waals surface area contributed by atoms with Gasteiger partial charge in [0.25, 0.3) is 6.43 Å². The molecule has 0 radical (unpaired) electrons. The van der Waals surface area contributed by atoms with Gasteiger partial charge in [-0.05, 0) is 23.8 Å². The van der Waals surface area contributed by atoms with Gasteiger partial charge in [0.15, 0.2) is 0 Å². The summed E-state index contributed by atoms with van der Waals surface area (Å²) in [6.45, 7) is 2.83. The van der Waals surface area contributed by atoms with Crippen molar-refractivity contribution in [2.75, 3.05) is 26.2 Å². The summed E-state index contributed by atoms with van der Waals surface area (Å²) in [6.07, 6.45) is -2.38. The third kappa shape index (κ3) is 3.50. The van der Waals surface area contributed by atoms with E-state index in [-0.39, 0.29) is 0 Å². The Bertz CT molecular complexity index is 389. The number of piperazine rings is 1. The van der Waals surface area contributed by atoms with Crippen molar-refractivity contribution < 1.29 is 8.78 Å². The highest BCUT2D eigenvalue weighted by molar-refractivity contribution is 9.11. The highest BCUT2D eigenvalue weighted by Crippen LogP contribution is 2.31. The molecule has 1 aliphatic rings. The molecule has 0 unspecified atom stereocenters. The second-order valence-electron chi connectivity index (χ2n) is 4.27. The van der Waals surface area contributed by atoms with Crippen molar-refractivity contribution in [2.45, 2.75) is 12.5 Å². The molecule has 6 heteroatoms. The Morgan fingerprint density at radius 3 is 2.11 bits per heavy atom. The Kier molecular flexibility index (Phi) is 5.12. The van der Waals surface area contributed by atoms with Crippen LogP contribution in [0.3, 0.4) is 0 Å². The Hall–Kier alpha value is -0.0400. The van der Waals surface area contributed by atoms with E-state index >= 15 is 0 Å². The van der Waals surface area contributed by atoms with Crippen molar-refractivity contribution in [1.29, 1.82) is 0 Å². The van der Waals surface area contributed by atoms with Crippen LogP contribution >= 0.6 is 31.9 Å². The first-order valence-corrected chi connectivity index (χ1v) is 7.35. The van der Waals surface area contributed by atoms with E-state index < -0.39 is 12.5 Å². The SMILES string of the molecule is FC(F)[C@H](c1cc(Br)cc(Br)c1)N1CCNCC1. The van der Waals surface area contributed by atoms with Gasteiger partial charge in [-0.1, -0.05) is 31.9 Å². The molecule has 18 heavy (non-hydrogen) atoms. The molecule has 1 atom stereocenters. The summed E-state index contributed by atoms with van der Waals surface area (Å²) in [5, 5.41) is 3.18. The van der Waals surface area contributed by atoms with Gasteiger partial charge in [-0.3, -0.25) is 4.90 Å². The lowest BCUT2D eigenvalue weighted by atomic mass is 10.1. The average Bonchev–Trinajstić information content (AvgIpc) is 2.28. The van der Waals surface area contributed by atoms with Crippen LogP contribution in [0.4, 0.5) is 8.78 Å². The van der Waals surface area contributed by atoms with Gasteiger partial charge in [-0.2, -0.15) is 0 Å². The Morgan fingerprint density at radius 1 is 1.06 bits per heavy atom. The molecule has 1 aliphatic heterocycles. The molecule has 1 fully saturated rings. The molecule has 1 N–H and O–H groups in total. The summed E-state index contributed by atoms with van der Waals surface area (Å²) in [7, 11) is 0. The maximum absolute atomic E-state index is 13.3. The largest absolute Gasteiger partial charge is 0.314 e. The topological polar surface area (TPSA) is 15.3 Å². The first-order valence-electron chi connectivity index (χ1n) is 5.77. The predicted octanol–water partition coefficient (Wildman–Crippen LogP) is 3.42. The van der Waals surface area contributed by atoms with Crippen LogP contribution in [0, 0.1) is 0 Å². The monoisotopic (exact) mass is 382 g/mol. The zero-order valence-electron chi connectivity index (χ0n) is 9.67. The second-order valence-corrected chi connectivity index (χ2v) is 6.10. The van der Waals surface area contributed by atoms with Crippen molar-refractivity contribution in [3.63, 3.8) is 0 Å². The van der Waals surface area contributed by atoms with Crippen LogP contribution in [0.15, 0.2) is 27.1 Å². The van der Waals surface area contributed by atoms with Crippen LogP contribution in [-0.4, -0.2) is 37.5 Å². The van der Waals surface area contributed by atoms with E-state index in [0.717, 1.165) is 22.0 Å². The minimum Gasteiger partial charge on any atom is -0.314 e. The minimum atomic E-state index is -2.38. The van der Waals surface area contributed by atoms with Crippen LogP contribution in [-0.2, 0) is 0 Å². The van der Waals surface area contributed by atoms with E-state index in [1.807, 2.05) is 11.0 Å². The first kappa shape index (κ1) is 14.4. The summed E-state index contributed by atoms with van der Waals surface area (Å²) in [5.74, 6) is 0. The summed E-state index contributed by atoms with van der Waals surface area (Å²) < 4.78 is 28.3. The van der Waals surface area contributed by atoms with Gasteiger partial charge in [0.2, 0.25) is 0 Å². The summed E-state index contributed by atoms with van der Waals surface area (Å²) in [6, 6.07) is 4.55. The Morgan fingerprint density at radius 2 is 1.61 bits per heavy atom. The zero-order chi connectivity index (χ0) is 13.1. The van der Waals surface area contributed by atoms with Crippen LogP contribution < -0.4 is 5.32 Å². The molecule has 0 spiro atoms. The normalized spacial score (nSPS) is 19.2. The molecule has 2 rings (SSSR count). The summed E-state index contributed by atoms with van der Waals surface area (Å²) in [5.41, 5.74) is 0.646. The van der Waals surface area contributed by atoms with Gasteiger partial charge in [0, 0.05) is 35.1 Å². The highest BCUT2D eigenvalue weighted by atomic mass is 79.9. The maximum Gasteiger partial charge on any atom is 0.258 e. The van der Waals surface area contributed by atoms with Crippen LogP contribution in [0.1, 0.15) is 11.6 Å². The molecular weight excluding hydrogens is 370 g/mol. The lowest BCUT2D eigenvalue weighted by Gasteiger charge is -2.34. The average molecular weight is 384 g/mol. The molecule has 100 valence electrons. The van der Waals surface area contributed by atoms with Gasteiger partial charge in [-0.15, -0.1) is 0 Å². The molecule has 0 aliphatic carbocycles. The fourth-order valence-corrected chi connectivity index (χ4v) is 3.55. The van der Waals surface area contributed by atoms with Crippen molar-refractivity contribution in [3.8, 4) is 0 Å². The van der Waals surface area contributed by atoms with Crippen molar-refractivity contribution in [3.05, 3.63) is 32.7 Å². The molecule has 1 heterocycles. The Balaban J connectivity index is 2.28. The third-order valence-corrected chi connectivity index (χ3v) is 3.93. The number of nitrogens with one attached hydrogen (secondary N) is 1. The van der Waals surface area contributed by atoms with Crippen molar-refractivity contribution in [2.24, 2.45) is 0 Å². The van der Waals surface area contributed by atoms with E-state index in [1.165, 1.54) is 0 Å². The second kappa shape index (κ2) is 6.41. The first-order chi connectivity index (χ1) is 8.58. The molecule has 2 nitrogen and oxygen atoms in total. The molecule has 1 saturated heterocycles.